The number of hydrogen-bond acceptors (Lipinski definition) is 2. The zero-order valence-corrected chi connectivity index (χ0v) is 11.0. The lowest BCUT2D eigenvalue weighted by atomic mass is 10.1. The number of halogens is 1. The minimum atomic E-state index is 0.0218. The molecule has 0 aromatic heterocycles. The second kappa shape index (κ2) is 4.90. The Morgan fingerprint density at radius 3 is 2.67 bits per heavy atom. The highest BCUT2D eigenvalue weighted by atomic mass is 35.5. The Kier molecular flexibility index (Phi) is 3.27. The van der Waals surface area contributed by atoms with Gasteiger partial charge < -0.3 is 4.90 Å². The Bertz CT molecular complexity index is 442. The summed E-state index contributed by atoms with van der Waals surface area (Å²) in [6.45, 7) is 1.31. The van der Waals surface area contributed by atoms with Gasteiger partial charge in [0.25, 0.3) is 0 Å². The smallest absolute Gasteiger partial charge is 0.238 e. The minimum absolute atomic E-state index is 0.0218. The summed E-state index contributed by atoms with van der Waals surface area (Å²) in [5.41, 5.74) is 1.11. The number of amides is 1. The maximum atomic E-state index is 11.9. The molecule has 96 valence electrons. The second-order valence-electron chi connectivity index (χ2n) is 5.15. The van der Waals surface area contributed by atoms with E-state index in [2.05, 4.69) is 5.32 Å². The molecule has 1 aliphatic carbocycles. The number of carbonyl (C=O) groups is 1. The van der Waals surface area contributed by atoms with Gasteiger partial charge in [-0.25, -0.2) is 0 Å². The fourth-order valence-corrected chi connectivity index (χ4v) is 2.59. The molecule has 1 unspecified atom stereocenters. The van der Waals surface area contributed by atoms with Crippen molar-refractivity contribution in [3.8, 4) is 0 Å². The average molecular weight is 265 g/mol. The van der Waals surface area contributed by atoms with Gasteiger partial charge in [-0.15, -0.1) is 0 Å². The highest BCUT2D eigenvalue weighted by Crippen LogP contribution is 2.34. The fraction of sp³-hybridized carbons (Fsp3) is 0.500. The van der Waals surface area contributed by atoms with Crippen molar-refractivity contribution in [2.24, 2.45) is 5.92 Å². The molecule has 1 aliphatic heterocycles. The molecule has 1 atom stereocenters. The fourth-order valence-electron chi connectivity index (χ4n) is 2.46. The molecule has 3 nitrogen and oxygen atoms in total. The van der Waals surface area contributed by atoms with E-state index in [0.29, 0.717) is 6.54 Å². The predicted molar refractivity (Wildman–Crippen MR) is 71.2 cm³/mol. The Labute approximate surface area is 112 Å². The van der Waals surface area contributed by atoms with Crippen molar-refractivity contribution < 1.29 is 4.79 Å². The standard InChI is InChI=1S/C14H17ClN2O/c15-12-5-3-11(4-6-12)14-16-9-13(18)17(14)8-7-10-1-2-10/h3-6,10,14,16H,1-2,7-9H2. The lowest BCUT2D eigenvalue weighted by Gasteiger charge is -2.24. The summed E-state index contributed by atoms with van der Waals surface area (Å²) in [5, 5.41) is 4.00. The number of nitrogens with one attached hydrogen (secondary N) is 1. The normalized spacial score (nSPS) is 23.7. The lowest BCUT2D eigenvalue weighted by molar-refractivity contribution is -0.128. The zero-order chi connectivity index (χ0) is 12.5. The predicted octanol–water partition coefficient (Wildman–Crippen LogP) is 2.57. The molecule has 1 saturated heterocycles. The molecule has 18 heavy (non-hydrogen) atoms. The Morgan fingerprint density at radius 1 is 1.28 bits per heavy atom. The SMILES string of the molecule is O=C1CNC(c2ccc(Cl)cc2)N1CCC1CC1. The van der Waals surface area contributed by atoms with Gasteiger partial charge in [0.1, 0.15) is 6.17 Å². The molecule has 1 N–H and O–H groups in total. The Hall–Kier alpha value is -1.06. The summed E-state index contributed by atoms with van der Waals surface area (Å²) in [4.78, 5) is 13.9. The van der Waals surface area contributed by atoms with Crippen LogP contribution in [0, 0.1) is 5.92 Å². The third-order valence-corrected chi connectivity index (χ3v) is 3.99. The quantitative estimate of drug-likeness (QED) is 0.907. The molecule has 1 aromatic carbocycles. The number of hydrogen-bond donors (Lipinski definition) is 1. The third kappa shape index (κ3) is 2.52. The van der Waals surface area contributed by atoms with Crippen LogP contribution in [-0.2, 0) is 4.79 Å². The summed E-state index contributed by atoms with van der Waals surface area (Å²) in [6, 6.07) is 7.73. The zero-order valence-electron chi connectivity index (χ0n) is 10.2. The molecular formula is C14H17ClN2O. The summed E-state index contributed by atoms with van der Waals surface area (Å²) in [7, 11) is 0. The molecule has 0 spiro atoms. The maximum Gasteiger partial charge on any atom is 0.238 e. The van der Waals surface area contributed by atoms with Gasteiger partial charge in [0.15, 0.2) is 0 Å². The molecule has 1 aromatic rings. The first-order chi connectivity index (χ1) is 8.74. The van der Waals surface area contributed by atoms with Crippen LogP contribution >= 0.6 is 11.6 Å². The maximum absolute atomic E-state index is 11.9. The first-order valence-electron chi connectivity index (χ1n) is 6.52. The van der Waals surface area contributed by atoms with Gasteiger partial charge in [-0.05, 0) is 30.0 Å². The van der Waals surface area contributed by atoms with Crippen molar-refractivity contribution in [1.29, 1.82) is 0 Å². The van der Waals surface area contributed by atoms with Gasteiger partial charge in [-0.1, -0.05) is 36.6 Å². The first-order valence-corrected chi connectivity index (χ1v) is 6.90. The van der Waals surface area contributed by atoms with Crippen LogP contribution in [0.25, 0.3) is 0 Å². The van der Waals surface area contributed by atoms with Crippen LogP contribution in [0.2, 0.25) is 5.02 Å². The van der Waals surface area contributed by atoms with E-state index in [4.69, 9.17) is 11.6 Å². The molecule has 3 rings (SSSR count). The Morgan fingerprint density at radius 2 is 2.00 bits per heavy atom. The molecule has 1 amide bonds. The van der Waals surface area contributed by atoms with Gasteiger partial charge in [0.2, 0.25) is 5.91 Å². The topological polar surface area (TPSA) is 32.3 Å². The average Bonchev–Trinajstić information content (AvgIpc) is 3.12. The van der Waals surface area contributed by atoms with E-state index in [1.807, 2.05) is 29.2 Å². The summed E-state index contributed by atoms with van der Waals surface area (Å²) >= 11 is 5.89. The number of carbonyl (C=O) groups excluding carboxylic acids is 1. The van der Waals surface area contributed by atoms with Crippen LogP contribution < -0.4 is 5.32 Å². The van der Waals surface area contributed by atoms with Gasteiger partial charge >= 0.3 is 0 Å². The lowest BCUT2D eigenvalue weighted by Crippen LogP contribution is -2.31. The molecule has 2 aliphatic rings. The van der Waals surface area contributed by atoms with Crippen LogP contribution in [-0.4, -0.2) is 23.9 Å². The van der Waals surface area contributed by atoms with Crippen molar-refractivity contribution in [3.05, 3.63) is 34.9 Å². The third-order valence-electron chi connectivity index (χ3n) is 3.74. The van der Waals surface area contributed by atoms with E-state index in [-0.39, 0.29) is 12.1 Å². The molecular weight excluding hydrogens is 248 g/mol. The minimum Gasteiger partial charge on any atom is -0.322 e. The van der Waals surface area contributed by atoms with E-state index < -0.39 is 0 Å². The molecule has 1 saturated carbocycles. The molecule has 0 bridgehead atoms. The Balaban J connectivity index is 1.72. The summed E-state index contributed by atoms with van der Waals surface area (Å²) in [5.74, 6) is 1.06. The summed E-state index contributed by atoms with van der Waals surface area (Å²) < 4.78 is 0. The van der Waals surface area contributed by atoms with Crippen LogP contribution in [0.5, 0.6) is 0 Å². The van der Waals surface area contributed by atoms with Gasteiger partial charge in [-0.3, -0.25) is 10.1 Å². The van der Waals surface area contributed by atoms with Gasteiger partial charge in [0, 0.05) is 11.6 Å². The van der Waals surface area contributed by atoms with E-state index in [0.717, 1.165) is 29.5 Å². The first kappa shape index (κ1) is 12.0. The van der Waals surface area contributed by atoms with Gasteiger partial charge in [0.05, 0.1) is 6.54 Å². The number of benzene rings is 1. The van der Waals surface area contributed by atoms with Crippen LogP contribution in [0.15, 0.2) is 24.3 Å². The van der Waals surface area contributed by atoms with Crippen LogP contribution in [0.4, 0.5) is 0 Å². The summed E-state index contributed by atoms with van der Waals surface area (Å²) in [6.07, 6.45) is 3.83. The molecule has 4 heteroatoms. The largest absolute Gasteiger partial charge is 0.322 e. The van der Waals surface area contributed by atoms with E-state index in [9.17, 15) is 4.79 Å². The van der Waals surface area contributed by atoms with Crippen molar-refractivity contribution in [1.82, 2.24) is 10.2 Å². The molecule has 0 radical (unpaired) electrons. The van der Waals surface area contributed by atoms with Gasteiger partial charge in [-0.2, -0.15) is 0 Å². The van der Waals surface area contributed by atoms with Crippen LogP contribution in [0.3, 0.4) is 0 Å². The van der Waals surface area contributed by atoms with Crippen LogP contribution in [0.1, 0.15) is 31.0 Å². The number of rotatable bonds is 4. The van der Waals surface area contributed by atoms with Crippen molar-refractivity contribution in [2.45, 2.75) is 25.4 Å². The molecule has 1 heterocycles. The van der Waals surface area contributed by atoms with Crippen molar-refractivity contribution in [3.63, 3.8) is 0 Å². The molecule has 2 fully saturated rings. The van der Waals surface area contributed by atoms with Crippen molar-refractivity contribution >= 4 is 17.5 Å². The highest BCUT2D eigenvalue weighted by molar-refractivity contribution is 6.30. The number of nitrogens with zero attached hydrogens (tertiary/aromatic N) is 1. The van der Waals surface area contributed by atoms with E-state index >= 15 is 0 Å². The monoisotopic (exact) mass is 264 g/mol. The highest BCUT2D eigenvalue weighted by Gasteiger charge is 2.32. The van der Waals surface area contributed by atoms with E-state index in [1.54, 1.807) is 0 Å². The second-order valence-corrected chi connectivity index (χ2v) is 5.59. The van der Waals surface area contributed by atoms with E-state index in [1.165, 1.54) is 12.8 Å². The van der Waals surface area contributed by atoms with Crippen molar-refractivity contribution in [2.75, 3.05) is 13.1 Å².